The summed E-state index contributed by atoms with van der Waals surface area (Å²) < 4.78 is 5.20. The summed E-state index contributed by atoms with van der Waals surface area (Å²) in [6.07, 6.45) is 2.37. The van der Waals surface area contributed by atoms with E-state index in [-0.39, 0.29) is 17.6 Å². The third-order valence-corrected chi connectivity index (χ3v) is 4.60. The van der Waals surface area contributed by atoms with Gasteiger partial charge >= 0.3 is 0 Å². The number of methoxy groups -OCH3 is 1. The van der Waals surface area contributed by atoms with Crippen molar-refractivity contribution in [3.63, 3.8) is 0 Å². The predicted octanol–water partition coefficient (Wildman–Crippen LogP) is 4.51. The van der Waals surface area contributed by atoms with Crippen LogP contribution in [-0.4, -0.2) is 28.1 Å². The second-order valence-corrected chi connectivity index (χ2v) is 6.53. The van der Waals surface area contributed by atoms with Gasteiger partial charge in [0.15, 0.2) is 5.82 Å². The van der Waals surface area contributed by atoms with Gasteiger partial charge in [-0.3, -0.25) is 4.79 Å². The Morgan fingerprint density at radius 2 is 1.75 bits per heavy atom. The Bertz CT molecular complexity index is 954. The van der Waals surface area contributed by atoms with E-state index in [0.29, 0.717) is 17.2 Å². The van der Waals surface area contributed by atoms with E-state index in [9.17, 15) is 9.90 Å². The zero-order valence-electron chi connectivity index (χ0n) is 16.1. The molecule has 0 aliphatic carbocycles. The Morgan fingerprint density at radius 3 is 2.36 bits per heavy atom. The third kappa shape index (κ3) is 4.28. The van der Waals surface area contributed by atoms with Crippen molar-refractivity contribution >= 4 is 11.7 Å². The number of ether oxygens (including phenoxy) is 1. The van der Waals surface area contributed by atoms with Gasteiger partial charge in [0, 0.05) is 17.0 Å². The molecule has 6 nitrogen and oxygen atoms in total. The van der Waals surface area contributed by atoms with Gasteiger partial charge in [0.05, 0.1) is 19.0 Å². The van der Waals surface area contributed by atoms with E-state index in [0.717, 1.165) is 23.3 Å². The number of aromatic hydroxyl groups is 1. The molecule has 0 bridgehead atoms. The number of carbonyl (C=O) groups excluding carboxylic acids is 1. The van der Waals surface area contributed by atoms with Crippen LogP contribution in [0.4, 0.5) is 5.82 Å². The van der Waals surface area contributed by atoms with Gasteiger partial charge in [0.25, 0.3) is 0 Å². The highest BCUT2D eigenvalue weighted by molar-refractivity contribution is 5.94. The van der Waals surface area contributed by atoms with Crippen LogP contribution in [0.5, 0.6) is 11.5 Å². The molecule has 0 spiro atoms. The van der Waals surface area contributed by atoms with Crippen molar-refractivity contribution in [2.75, 3.05) is 12.4 Å². The van der Waals surface area contributed by atoms with E-state index in [1.807, 2.05) is 38.1 Å². The van der Waals surface area contributed by atoms with E-state index in [1.165, 1.54) is 0 Å². The molecule has 144 valence electrons. The van der Waals surface area contributed by atoms with Crippen LogP contribution in [0.3, 0.4) is 0 Å². The van der Waals surface area contributed by atoms with Crippen molar-refractivity contribution in [3.05, 3.63) is 54.7 Å². The number of carbonyl (C=O) groups is 1. The van der Waals surface area contributed by atoms with E-state index < -0.39 is 0 Å². The highest BCUT2D eigenvalue weighted by atomic mass is 16.5. The molecule has 1 heterocycles. The maximum Gasteiger partial charge on any atom is 0.228 e. The summed E-state index contributed by atoms with van der Waals surface area (Å²) in [4.78, 5) is 21.6. The monoisotopic (exact) mass is 377 g/mol. The molecule has 2 aromatic carbocycles. The number of amides is 1. The van der Waals surface area contributed by atoms with E-state index in [1.54, 1.807) is 37.6 Å². The standard InChI is InChI=1S/C22H23N3O3/c1-4-14(2)22(27)25-21-20(16-5-9-17(26)10-6-16)24-19(13-23-21)15-7-11-18(28-3)12-8-15/h5-14,26H,4H2,1-3H3,(H,23,25,27). The number of phenols is 1. The molecule has 1 aromatic heterocycles. The quantitative estimate of drug-likeness (QED) is 0.660. The summed E-state index contributed by atoms with van der Waals surface area (Å²) in [6, 6.07) is 14.2. The molecule has 0 fully saturated rings. The van der Waals surface area contributed by atoms with Crippen molar-refractivity contribution < 1.29 is 14.6 Å². The Morgan fingerprint density at radius 1 is 1.11 bits per heavy atom. The van der Waals surface area contributed by atoms with Crippen molar-refractivity contribution in [2.24, 2.45) is 5.92 Å². The molecule has 1 atom stereocenters. The van der Waals surface area contributed by atoms with Crippen molar-refractivity contribution in [1.29, 1.82) is 0 Å². The van der Waals surface area contributed by atoms with Crippen LogP contribution in [0.25, 0.3) is 22.5 Å². The lowest BCUT2D eigenvalue weighted by atomic mass is 10.1. The third-order valence-electron chi connectivity index (χ3n) is 4.60. The summed E-state index contributed by atoms with van der Waals surface area (Å²) in [5.74, 6) is 1.08. The molecule has 3 aromatic rings. The zero-order valence-corrected chi connectivity index (χ0v) is 16.1. The molecule has 0 saturated heterocycles. The lowest BCUT2D eigenvalue weighted by molar-refractivity contribution is -0.119. The first-order valence-electron chi connectivity index (χ1n) is 9.13. The maximum absolute atomic E-state index is 12.4. The number of nitrogens with zero attached hydrogens (tertiary/aromatic N) is 2. The summed E-state index contributed by atoms with van der Waals surface area (Å²) in [5.41, 5.74) is 2.85. The van der Waals surface area contributed by atoms with Gasteiger partial charge in [-0.1, -0.05) is 13.8 Å². The first-order chi connectivity index (χ1) is 13.5. The molecule has 2 N–H and O–H groups in total. The van der Waals surface area contributed by atoms with Crippen molar-refractivity contribution in [1.82, 2.24) is 9.97 Å². The fraction of sp³-hybridized carbons (Fsp3) is 0.227. The number of nitrogens with one attached hydrogen (secondary N) is 1. The largest absolute Gasteiger partial charge is 0.508 e. The van der Waals surface area contributed by atoms with Gasteiger partial charge in [0.2, 0.25) is 5.91 Å². The minimum atomic E-state index is -0.129. The second-order valence-electron chi connectivity index (χ2n) is 6.53. The van der Waals surface area contributed by atoms with Crippen LogP contribution >= 0.6 is 0 Å². The lowest BCUT2D eigenvalue weighted by Crippen LogP contribution is -2.21. The molecule has 6 heteroatoms. The molecule has 28 heavy (non-hydrogen) atoms. The number of aromatic nitrogens is 2. The van der Waals surface area contributed by atoms with E-state index in [4.69, 9.17) is 9.72 Å². The molecular weight excluding hydrogens is 354 g/mol. The maximum atomic E-state index is 12.4. The van der Waals surface area contributed by atoms with E-state index >= 15 is 0 Å². The second kappa shape index (κ2) is 8.52. The fourth-order valence-corrected chi connectivity index (χ4v) is 2.63. The Kier molecular flexibility index (Phi) is 5.89. The summed E-state index contributed by atoms with van der Waals surface area (Å²) in [6.45, 7) is 3.83. The Hall–Kier alpha value is -3.41. The van der Waals surface area contributed by atoms with Gasteiger partial charge in [-0.25, -0.2) is 9.97 Å². The van der Waals surface area contributed by atoms with Crippen LogP contribution in [0.1, 0.15) is 20.3 Å². The molecular formula is C22H23N3O3. The van der Waals surface area contributed by atoms with Gasteiger partial charge in [-0.2, -0.15) is 0 Å². The van der Waals surface area contributed by atoms with Crippen molar-refractivity contribution in [3.8, 4) is 34.0 Å². The molecule has 0 saturated carbocycles. The Balaban J connectivity index is 2.04. The predicted molar refractivity (Wildman–Crippen MR) is 109 cm³/mol. The number of phenolic OH excluding ortho intramolecular Hbond substituents is 1. The number of hydrogen-bond donors (Lipinski definition) is 2. The topological polar surface area (TPSA) is 84.3 Å². The van der Waals surface area contributed by atoms with Gasteiger partial charge in [-0.15, -0.1) is 0 Å². The minimum absolute atomic E-state index is 0.103. The number of rotatable bonds is 6. The lowest BCUT2D eigenvalue weighted by Gasteiger charge is -2.14. The molecule has 0 aliphatic rings. The highest BCUT2D eigenvalue weighted by Crippen LogP contribution is 2.29. The van der Waals surface area contributed by atoms with Crippen LogP contribution in [0.15, 0.2) is 54.7 Å². The summed E-state index contributed by atoms with van der Waals surface area (Å²) in [7, 11) is 1.62. The average molecular weight is 377 g/mol. The first-order valence-corrected chi connectivity index (χ1v) is 9.13. The van der Waals surface area contributed by atoms with Crippen molar-refractivity contribution in [2.45, 2.75) is 20.3 Å². The zero-order chi connectivity index (χ0) is 20.1. The minimum Gasteiger partial charge on any atom is -0.508 e. The van der Waals surface area contributed by atoms with Crippen LogP contribution in [0, 0.1) is 5.92 Å². The molecule has 1 amide bonds. The van der Waals surface area contributed by atoms with E-state index in [2.05, 4.69) is 10.3 Å². The van der Waals surface area contributed by atoms with Crippen LogP contribution in [-0.2, 0) is 4.79 Å². The molecule has 3 rings (SSSR count). The number of hydrogen-bond acceptors (Lipinski definition) is 5. The molecule has 1 unspecified atom stereocenters. The van der Waals surface area contributed by atoms with Crippen LogP contribution in [0.2, 0.25) is 0 Å². The molecule has 0 radical (unpaired) electrons. The Labute approximate surface area is 164 Å². The van der Waals surface area contributed by atoms with Gasteiger partial charge in [-0.05, 0) is 55.0 Å². The van der Waals surface area contributed by atoms with Crippen LogP contribution < -0.4 is 10.1 Å². The fourth-order valence-electron chi connectivity index (χ4n) is 2.63. The smallest absolute Gasteiger partial charge is 0.228 e. The first kappa shape index (κ1) is 19.4. The summed E-state index contributed by atoms with van der Waals surface area (Å²) in [5, 5.41) is 12.5. The van der Waals surface area contributed by atoms with Gasteiger partial charge in [0.1, 0.15) is 17.2 Å². The SMILES string of the molecule is CCC(C)C(=O)Nc1ncc(-c2ccc(OC)cc2)nc1-c1ccc(O)cc1. The average Bonchev–Trinajstić information content (AvgIpc) is 2.74. The summed E-state index contributed by atoms with van der Waals surface area (Å²) >= 11 is 0. The highest BCUT2D eigenvalue weighted by Gasteiger charge is 2.17. The molecule has 0 aliphatic heterocycles. The number of benzene rings is 2. The number of anilines is 1. The van der Waals surface area contributed by atoms with Gasteiger partial charge < -0.3 is 15.2 Å². The normalized spacial score (nSPS) is 11.7.